The molecule has 0 aliphatic heterocycles. The highest BCUT2D eigenvalue weighted by atomic mass is 16.3. The molecular weight excluding hydrogens is 224 g/mol. The van der Waals surface area contributed by atoms with Gasteiger partial charge in [-0.2, -0.15) is 0 Å². The maximum absolute atomic E-state index is 9.71. The zero-order valence-corrected chi connectivity index (χ0v) is 11.5. The second kappa shape index (κ2) is 6.19. The molecule has 0 radical (unpaired) electrons. The highest BCUT2D eigenvalue weighted by molar-refractivity contribution is 5.43. The van der Waals surface area contributed by atoms with E-state index in [2.05, 4.69) is 23.0 Å². The van der Waals surface area contributed by atoms with Gasteiger partial charge in [0.05, 0.1) is 23.7 Å². The van der Waals surface area contributed by atoms with Gasteiger partial charge in [0, 0.05) is 13.6 Å². The van der Waals surface area contributed by atoms with Crippen molar-refractivity contribution in [3.63, 3.8) is 0 Å². The first-order chi connectivity index (χ1) is 8.70. The fraction of sp³-hybridized carbons (Fsp3) is 0.667. The van der Waals surface area contributed by atoms with E-state index in [4.69, 9.17) is 0 Å². The molecule has 0 spiro atoms. The fourth-order valence-corrected chi connectivity index (χ4v) is 2.72. The lowest BCUT2D eigenvalue weighted by molar-refractivity contribution is 0.169. The summed E-state index contributed by atoms with van der Waals surface area (Å²) >= 11 is 0. The number of hydrogen-bond donors (Lipinski definition) is 1. The van der Waals surface area contributed by atoms with Crippen LogP contribution in [0.1, 0.15) is 50.8 Å². The van der Waals surface area contributed by atoms with E-state index in [1.807, 2.05) is 19.2 Å². The number of aliphatic hydroxyl groups is 1. The van der Waals surface area contributed by atoms with Crippen LogP contribution in [0.25, 0.3) is 0 Å². The molecule has 1 heterocycles. The topological polar surface area (TPSA) is 36.4 Å². The second-order valence-corrected chi connectivity index (χ2v) is 5.40. The van der Waals surface area contributed by atoms with E-state index in [-0.39, 0.29) is 0 Å². The van der Waals surface area contributed by atoms with Crippen LogP contribution < -0.4 is 4.90 Å². The first-order valence-electron chi connectivity index (χ1n) is 7.06. The second-order valence-electron chi connectivity index (χ2n) is 5.40. The van der Waals surface area contributed by atoms with Gasteiger partial charge in [0.15, 0.2) is 0 Å². The summed E-state index contributed by atoms with van der Waals surface area (Å²) in [6, 6.07) is 4.00. The predicted molar refractivity (Wildman–Crippen MR) is 74.7 cm³/mol. The van der Waals surface area contributed by atoms with Crippen LogP contribution in [0.4, 0.5) is 5.69 Å². The number of aromatic nitrogens is 1. The molecule has 100 valence electrons. The lowest BCUT2D eigenvalue weighted by Crippen LogP contribution is -2.24. The van der Waals surface area contributed by atoms with Gasteiger partial charge >= 0.3 is 0 Å². The molecule has 18 heavy (non-hydrogen) atoms. The van der Waals surface area contributed by atoms with Crippen LogP contribution in [0.15, 0.2) is 18.3 Å². The van der Waals surface area contributed by atoms with Gasteiger partial charge < -0.3 is 10.0 Å². The van der Waals surface area contributed by atoms with Gasteiger partial charge in [-0.1, -0.05) is 19.8 Å². The Labute approximate surface area is 110 Å². The Morgan fingerprint density at radius 1 is 1.39 bits per heavy atom. The summed E-state index contributed by atoms with van der Waals surface area (Å²) in [6.07, 6.45) is 7.66. The van der Waals surface area contributed by atoms with E-state index in [9.17, 15) is 5.11 Å². The SMILES string of the molecule is CC[C@H](O)c1ccc(N(C)CC2CCCC2)cn1. The summed E-state index contributed by atoms with van der Waals surface area (Å²) in [5.74, 6) is 0.843. The molecule has 1 fully saturated rings. The predicted octanol–water partition coefficient (Wildman–Crippen LogP) is 3.15. The van der Waals surface area contributed by atoms with Gasteiger partial charge in [-0.3, -0.25) is 4.98 Å². The maximum Gasteiger partial charge on any atom is 0.0957 e. The van der Waals surface area contributed by atoms with Gasteiger partial charge in [-0.25, -0.2) is 0 Å². The average molecular weight is 248 g/mol. The van der Waals surface area contributed by atoms with Crippen LogP contribution >= 0.6 is 0 Å². The molecule has 0 aromatic carbocycles. The Morgan fingerprint density at radius 3 is 2.67 bits per heavy atom. The van der Waals surface area contributed by atoms with E-state index in [1.165, 1.54) is 25.7 Å². The van der Waals surface area contributed by atoms with Crippen molar-refractivity contribution in [2.45, 2.75) is 45.1 Å². The first kappa shape index (κ1) is 13.3. The highest BCUT2D eigenvalue weighted by Crippen LogP contribution is 2.27. The third-order valence-electron chi connectivity index (χ3n) is 3.95. The minimum atomic E-state index is -0.431. The molecule has 1 aliphatic rings. The van der Waals surface area contributed by atoms with Crippen LogP contribution in [0, 0.1) is 5.92 Å². The zero-order valence-electron chi connectivity index (χ0n) is 11.5. The van der Waals surface area contributed by atoms with Gasteiger partial charge in [0.25, 0.3) is 0 Å². The minimum Gasteiger partial charge on any atom is -0.387 e. The van der Waals surface area contributed by atoms with E-state index < -0.39 is 6.10 Å². The number of aliphatic hydroxyl groups excluding tert-OH is 1. The normalized spacial score (nSPS) is 17.9. The van der Waals surface area contributed by atoms with Crippen molar-refractivity contribution >= 4 is 5.69 Å². The van der Waals surface area contributed by atoms with Crippen LogP contribution in [0.2, 0.25) is 0 Å². The molecule has 3 heteroatoms. The molecule has 3 nitrogen and oxygen atoms in total. The number of hydrogen-bond acceptors (Lipinski definition) is 3. The molecule has 0 saturated heterocycles. The number of rotatable bonds is 5. The van der Waals surface area contributed by atoms with Crippen LogP contribution in [-0.2, 0) is 0 Å². The molecule has 1 saturated carbocycles. The fourth-order valence-electron chi connectivity index (χ4n) is 2.72. The van der Waals surface area contributed by atoms with Crippen molar-refractivity contribution < 1.29 is 5.11 Å². The number of pyridine rings is 1. The first-order valence-corrected chi connectivity index (χ1v) is 7.06. The summed E-state index contributed by atoms with van der Waals surface area (Å²) in [5.41, 5.74) is 1.92. The van der Waals surface area contributed by atoms with Crippen molar-refractivity contribution in [1.29, 1.82) is 0 Å². The van der Waals surface area contributed by atoms with Gasteiger partial charge in [0.2, 0.25) is 0 Å². The van der Waals surface area contributed by atoms with Crippen LogP contribution in [0.5, 0.6) is 0 Å². The van der Waals surface area contributed by atoms with Gasteiger partial charge in [0.1, 0.15) is 0 Å². The van der Waals surface area contributed by atoms with Crippen molar-refractivity contribution in [3.05, 3.63) is 24.0 Å². The van der Waals surface area contributed by atoms with Crippen LogP contribution in [0.3, 0.4) is 0 Å². The van der Waals surface area contributed by atoms with Crippen LogP contribution in [-0.4, -0.2) is 23.7 Å². The molecule has 2 rings (SSSR count). The van der Waals surface area contributed by atoms with Crippen molar-refractivity contribution in [2.24, 2.45) is 5.92 Å². The largest absolute Gasteiger partial charge is 0.387 e. The average Bonchev–Trinajstić information content (AvgIpc) is 2.91. The third-order valence-corrected chi connectivity index (χ3v) is 3.95. The van der Waals surface area contributed by atoms with Crippen molar-refractivity contribution in [2.75, 3.05) is 18.5 Å². The molecule has 1 aliphatic carbocycles. The highest BCUT2D eigenvalue weighted by Gasteiger charge is 2.17. The molecular formula is C15H24N2O. The Morgan fingerprint density at radius 2 is 2.11 bits per heavy atom. The Hall–Kier alpha value is -1.09. The molecule has 1 N–H and O–H groups in total. The zero-order chi connectivity index (χ0) is 13.0. The Kier molecular flexibility index (Phi) is 4.59. The van der Waals surface area contributed by atoms with Gasteiger partial charge in [-0.15, -0.1) is 0 Å². The Bertz CT molecular complexity index is 357. The standard InChI is InChI=1S/C15H24N2O/c1-3-15(18)14-9-8-13(10-16-14)17(2)11-12-6-4-5-7-12/h8-10,12,15,18H,3-7,11H2,1-2H3/t15-/m0/s1. The summed E-state index contributed by atoms with van der Waals surface area (Å²) < 4.78 is 0. The smallest absolute Gasteiger partial charge is 0.0957 e. The van der Waals surface area contributed by atoms with Crippen molar-refractivity contribution in [1.82, 2.24) is 4.98 Å². The van der Waals surface area contributed by atoms with E-state index in [1.54, 1.807) is 0 Å². The monoisotopic (exact) mass is 248 g/mol. The Balaban J connectivity index is 1.95. The molecule has 0 bridgehead atoms. The van der Waals surface area contributed by atoms with Gasteiger partial charge in [-0.05, 0) is 37.3 Å². The summed E-state index contributed by atoms with van der Waals surface area (Å²) in [4.78, 5) is 6.64. The summed E-state index contributed by atoms with van der Waals surface area (Å²) in [7, 11) is 2.13. The lowest BCUT2D eigenvalue weighted by atomic mass is 10.1. The van der Waals surface area contributed by atoms with Crippen molar-refractivity contribution in [3.8, 4) is 0 Å². The summed E-state index contributed by atoms with van der Waals surface area (Å²) in [6.45, 7) is 3.09. The molecule has 1 atom stereocenters. The third kappa shape index (κ3) is 3.22. The van der Waals surface area contributed by atoms with E-state index in [0.29, 0.717) is 6.42 Å². The van der Waals surface area contributed by atoms with E-state index in [0.717, 1.165) is 23.8 Å². The molecule has 1 aromatic rings. The number of anilines is 1. The minimum absolute atomic E-state index is 0.431. The quantitative estimate of drug-likeness (QED) is 0.869. The maximum atomic E-state index is 9.71. The molecule has 1 aromatic heterocycles. The van der Waals surface area contributed by atoms with E-state index >= 15 is 0 Å². The number of nitrogens with zero attached hydrogens (tertiary/aromatic N) is 2. The lowest BCUT2D eigenvalue weighted by Gasteiger charge is -2.23. The molecule has 0 amide bonds. The molecule has 0 unspecified atom stereocenters. The summed E-state index contributed by atoms with van der Waals surface area (Å²) in [5, 5.41) is 9.71.